The highest BCUT2D eigenvalue weighted by atomic mass is 32.1. The number of nitrogens with zero attached hydrogens (tertiary/aromatic N) is 2. The van der Waals surface area contributed by atoms with Gasteiger partial charge in [-0.15, -0.1) is 0 Å². The van der Waals surface area contributed by atoms with Crippen molar-refractivity contribution in [1.82, 2.24) is 9.27 Å². The third kappa shape index (κ3) is 3.59. The van der Waals surface area contributed by atoms with Crippen LogP contribution in [0.1, 0.15) is 25.8 Å². The lowest BCUT2D eigenvalue weighted by molar-refractivity contribution is -0.130. The van der Waals surface area contributed by atoms with Crippen molar-refractivity contribution in [2.45, 2.75) is 27.2 Å². The summed E-state index contributed by atoms with van der Waals surface area (Å²) in [5, 5.41) is 4.15. The molecule has 0 aliphatic carbocycles. The van der Waals surface area contributed by atoms with Crippen molar-refractivity contribution in [2.75, 3.05) is 30.7 Å². The van der Waals surface area contributed by atoms with Crippen LogP contribution in [0.5, 0.6) is 0 Å². The molecule has 6 heteroatoms. The van der Waals surface area contributed by atoms with Crippen molar-refractivity contribution in [1.29, 1.82) is 0 Å². The summed E-state index contributed by atoms with van der Waals surface area (Å²) in [5.74, 6) is 0.741. The van der Waals surface area contributed by atoms with Gasteiger partial charge >= 0.3 is 0 Å². The Morgan fingerprint density at radius 2 is 2.12 bits per heavy atom. The molecule has 17 heavy (non-hydrogen) atoms. The Hall–Kier alpha value is -1.30. The average Bonchev–Trinajstić information content (AvgIpc) is 2.62. The molecule has 0 unspecified atom stereocenters. The van der Waals surface area contributed by atoms with E-state index in [1.165, 1.54) is 11.5 Å². The number of anilines is 2. The summed E-state index contributed by atoms with van der Waals surface area (Å²) in [7, 11) is 0. The lowest BCUT2D eigenvalue weighted by Crippen LogP contribution is -2.31. The van der Waals surface area contributed by atoms with Crippen LogP contribution in [-0.2, 0) is 4.79 Å². The van der Waals surface area contributed by atoms with Gasteiger partial charge in [0.1, 0.15) is 10.8 Å². The van der Waals surface area contributed by atoms with Crippen molar-refractivity contribution >= 4 is 28.3 Å². The highest BCUT2D eigenvalue weighted by Gasteiger charge is 2.10. The SMILES string of the molecule is CCN(CC)C(=O)CCNc1snc(N)c1C. The molecule has 5 nitrogen and oxygen atoms in total. The molecule has 0 saturated carbocycles. The van der Waals surface area contributed by atoms with Crippen LogP contribution in [0, 0.1) is 6.92 Å². The summed E-state index contributed by atoms with van der Waals surface area (Å²) < 4.78 is 4.04. The minimum Gasteiger partial charge on any atom is -0.383 e. The van der Waals surface area contributed by atoms with Crippen molar-refractivity contribution in [3.8, 4) is 0 Å². The zero-order valence-corrected chi connectivity index (χ0v) is 11.4. The van der Waals surface area contributed by atoms with Gasteiger partial charge in [0.25, 0.3) is 0 Å². The van der Waals surface area contributed by atoms with Gasteiger partial charge in [0.2, 0.25) is 5.91 Å². The van der Waals surface area contributed by atoms with Crippen LogP contribution in [0.25, 0.3) is 0 Å². The minimum absolute atomic E-state index is 0.178. The van der Waals surface area contributed by atoms with Gasteiger partial charge in [0, 0.05) is 31.6 Å². The second-order valence-corrected chi connectivity index (χ2v) is 4.54. The van der Waals surface area contributed by atoms with Gasteiger partial charge in [0.15, 0.2) is 0 Å². The van der Waals surface area contributed by atoms with E-state index in [-0.39, 0.29) is 5.91 Å². The molecule has 1 aromatic heterocycles. The van der Waals surface area contributed by atoms with Gasteiger partial charge in [-0.05, 0) is 32.3 Å². The lowest BCUT2D eigenvalue weighted by Gasteiger charge is -2.18. The van der Waals surface area contributed by atoms with Crippen molar-refractivity contribution in [3.05, 3.63) is 5.56 Å². The van der Waals surface area contributed by atoms with Gasteiger partial charge in [0.05, 0.1) is 0 Å². The number of carbonyl (C=O) groups is 1. The normalized spacial score (nSPS) is 10.3. The second kappa shape index (κ2) is 6.44. The first-order valence-electron chi connectivity index (χ1n) is 5.83. The fraction of sp³-hybridized carbons (Fsp3) is 0.636. The van der Waals surface area contributed by atoms with Crippen LogP contribution >= 0.6 is 11.5 Å². The average molecular weight is 256 g/mol. The Morgan fingerprint density at radius 3 is 2.59 bits per heavy atom. The van der Waals surface area contributed by atoms with E-state index in [0.29, 0.717) is 18.8 Å². The Bertz CT molecular complexity index is 374. The molecule has 0 bridgehead atoms. The maximum atomic E-state index is 11.7. The zero-order chi connectivity index (χ0) is 12.8. The Morgan fingerprint density at radius 1 is 1.47 bits per heavy atom. The molecule has 0 atom stereocenters. The lowest BCUT2D eigenvalue weighted by atomic mass is 10.3. The molecular formula is C11H20N4OS. The van der Waals surface area contributed by atoms with Crippen molar-refractivity contribution < 1.29 is 4.79 Å². The first kappa shape index (κ1) is 13.8. The molecule has 0 aromatic carbocycles. The second-order valence-electron chi connectivity index (χ2n) is 3.76. The topological polar surface area (TPSA) is 71.2 Å². The van der Waals surface area contributed by atoms with E-state index in [0.717, 1.165) is 23.7 Å². The maximum absolute atomic E-state index is 11.7. The summed E-state index contributed by atoms with van der Waals surface area (Å²) in [4.78, 5) is 13.6. The summed E-state index contributed by atoms with van der Waals surface area (Å²) in [6.07, 6.45) is 0.499. The number of aromatic nitrogens is 1. The van der Waals surface area contributed by atoms with E-state index in [1.54, 1.807) is 0 Å². The summed E-state index contributed by atoms with van der Waals surface area (Å²) in [5.41, 5.74) is 6.61. The number of rotatable bonds is 6. The predicted octanol–water partition coefficient (Wildman–Crippen LogP) is 1.70. The van der Waals surface area contributed by atoms with Crippen molar-refractivity contribution in [2.24, 2.45) is 0 Å². The zero-order valence-electron chi connectivity index (χ0n) is 10.6. The van der Waals surface area contributed by atoms with Gasteiger partial charge in [-0.3, -0.25) is 4.79 Å². The van der Waals surface area contributed by atoms with E-state index in [9.17, 15) is 4.79 Å². The standard InChI is InChI=1S/C11H20N4OS/c1-4-15(5-2)9(16)6-7-13-11-8(3)10(12)14-17-11/h13H,4-7H2,1-3H3,(H2,12,14). The highest BCUT2D eigenvalue weighted by Crippen LogP contribution is 2.24. The number of hydrogen-bond donors (Lipinski definition) is 2. The van der Waals surface area contributed by atoms with E-state index >= 15 is 0 Å². The Kier molecular flexibility index (Phi) is 5.21. The highest BCUT2D eigenvalue weighted by molar-refractivity contribution is 7.10. The summed E-state index contributed by atoms with van der Waals surface area (Å²) >= 11 is 1.34. The number of nitrogens with two attached hydrogens (primary N) is 1. The molecule has 0 aliphatic heterocycles. The van der Waals surface area contributed by atoms with Crippen LogP contribution in [0.2, 0.25) is 0 Å². The Labute approximate surface area is 106 Å². The van der Waals surface area contributed by atoms with E-state index in [2.05, 4.69) is 9.69 Å². The third-order valence-corrected chi connectivity index (χ3v) is 3.62. The quantitative estimate of drug-likeness (QED) is 0.812. The Balaban J connectivity index is 2.38. The molecule has 0 fully saturated rings. The molecule has 0 radical (unpaired) electrons. The monoisotopic (exact) mass is 256 g/mol. The molecule has 1 rings (SSSR count). The third-order valence-electron chi connectivity index (χ3n) is 2.70. The predicted molar refractivity (Wildman–Crippen MR) is 72.3 cm³/mol. The molecule has 3 N–H and O–H groups in total. The van der Waals surface area contributed by atoms with Crippen LogP contribution in [0.15, 0.2) is 0 Å². The summed E-state index contributed by atoms with van der Waals surface area (Å²) in [6, 6.07) is 0. The molecule has 0 aliphatic rings. The molecule has 1 aromatic rings. The van der Waals surface area contributed by atoms with Gasteiger partial charge in [-0.25, -0.2) is 0 Å². The molecule has 96 valence electrons. The van der Waals surface area contributed by atoms with Gasteiger partial charge in [-0.1, -0.05) is 0 Å². The number of hydrogen-bond acceptors (Lipinski definition) is 5. The number of nitrogens with one attached hydrogen (secondary N) is 1. The molecule has 0 spiro atoms. The molecule has 1 amide bonds. The smallest absolute Gasteiger partial charge is 0.224 e. The summed E-state index contributed by atoms with van der Waals surface area (Å²) in [6.45, 7) is 8.06. The number of nitrogen functional groups attached to an aromatic ring is 1. The molecule has 0 saturated heterocycles. The number of carbonyl (C=O) groups excluding carboxylic acids is 1. The van der Waals surface area contributed by atoms with E-state index in [4.69, 9.17) is 5.73 Å². The van der Waals surface area contributed by atoms with Gasteiger partial charge in [-0.2, -0.15) is 4.37 Å². The number of amides is 1. The largest absolute Gasteiger partial charge is 0.383 e. The van der Waals surface area contributed by atoms with Crippen molar-refractivity contribution in [3.63, 3.8) is 0 Å². The maximum Gasteiger partial charge on any atom is 0.224 e. The first-order chi connectivity index (χ1) is 8.10. The molecule has 1 heterocycles. The van der Waals surface area contributed by atoms with Crippen LogP contribution in [0.4, 0.5) is 10.8 Å². The van der Waals surface area contributed by atoms with E-state index < -0.39 is 0 Å². The van der Waals surface area contributed by atoms with Gasteiger partial charge < -0.3 is 16.0 Å². The minimum atomic E-state index is 0.178. The first-order valence-corrected chi connectivity index (χ1v) is 6.60. The van der Waals surface area contributed by atoms with Crippen LogP contribution in [0.3, 0.4) is 0 Å². The van der Waals surface area contributed by atoms with E-state index in [1.807, 2.05) is 25.7 Å². The van der Waals surface area contributed by atoms with Crippen LogP contribution < -0.4 is 11.1 Å². The molecular weight excluding hydrogens is 236 g/mol. The fourth-order valence-electron chi connectivity index (χ4n) is 1.53. The van der Waals surface area contributed by atoms with Crippen LogP contribution in [-0.4, -0.2) is 34.8 Å². The fourth-order valence-corrected chi connectivity index (χ4v) is 2.26.